The minimum absolute atomic E-state index is 0.616. The topological polar surface area (TPSA) is 67.1 Å². The van der Waals surface area contributed by atoms with Gasteiger partial charge in [0.15, 0.2) is 0 Å². The smallest absolute Gasteiger partial charge is 0.134 e. The molecule has 92 valence electrons. The van der Waals surface area contributed by atoms with Crippen molar-refractivity contribution in [1.29, 1.82) is 0 Å². The van der Waals surface area contributed by atoms with Crippen LogP contribution in [0.15, 0.2) is 12.4 Å². The highest BCUT2D eigenvalue weighted by molar-refractivity contribution is 5.50. The summed E-state index contributed by atoms with van der Waals surface area (Å²) >= 11 is 0. The Balaban J connectivity index is 1.69. The Bertz CT molecular complexity index is 390. The molecule has 1 atom stereocenters. The van der Waals surface area contributed by atoms with E-state index < -0.39 is 0 Å². The molecular weight excluding hydrogens is 214 g/mol. The first-order chi connectivity index (χ1) is 8.35. The number of rotatable bonds is 4. The maximum atomic E-state index is 5.71. The van der Waals surface area contributed by atoms with Crippen LogP contribution in [-0.4, -0.2) is 35.6 Å². The lowest BCUT2D eigenvalue weighted by molar-refractivity contribution is 0.602. The Kier molecular flexibility index (Phi) is 2.84. The third-order valence-corrected chi connectivity index (χ3v) is 3.53. The highest BCUT2D eigenvalue weighted by atomic mass is 15.2. The van der Waals surface area contributed by atoms with Gasteiger partial charge in [0, 0.05) is 25.2 Å². The second kappa shape index (κ2) is 4.49. The third-order valence-electron chi connectivity index (χ3n) is 3.53. The number of nitrogens with zero attached hydrogens (tertiary/aromatic N) is 3. The summed E-state index contributed by atoms with van der Waals surface area (Å²) in [4.78, 5) is 10.9. The van der Waals surface area contributed by atoms with Crippen molar-refractivity contribution in [2.75, 3.05) is 29.9 Å². The van der Waals surface area contributed by atoms with Gasteiger partial charge in [0.2, 0.25) is 0 Å². The maximum Gasteiger partial charge on any atom is 0.134 e. The number of hydrogen-bond acceptors (Lipinski definition) is 5. The highest BCUT2D eigenvalue weighted by Gasteiger charge is 2.24. The molecule has 1 unspecified atom stereocenters. The average Bonchev–Trinajstić information content (AvgIpc) is 3.04. The molecule has 1 aromatic rings. The van der Waals surface area contributed by atoms with E-state index in [1.165, 1.54) is 19.3 Å². The van der Waals surface area contributed by atoms with Gasteiger partial charge in [-0.05, 0) is 31.7 Å². The zero-order valence-electron chi connectivity index (χ0n) is 9.97. The molecule has 1 saturated heterocycles. The Morgan fingerprint density at radius 3 is 2.94 bits per heavy atom. The van der Waals surface area contributed by atoms with Gasteiger partial charge in [-0.2, -0.15) is 0 Å². The Hall–Kier alpha value is -1.36. The van der Waals surface area contributed by atoms with Crippen LogP contribution in [0.5, 0.6) is 0 Å². The van der Waals surface area contributed by atoms with E-state index in [9.17, 15) is 0 Å². The largest absolute Gasteiger partial charge is 0.367 e. The quantitative estimate of drug-likeness (QED) is 0.806. The molecule has 5 nitrogen and oxygen atoms in total. The van der Waals surface area contributed by atoms with Gasteiger partial charge in [-0.3, -0.25) is 0 Å². The van der Waals surface area contributed by atoms with E-state index >= 15 is 0 Å². The number of nitrogens with two attached hydrogens (primary N) is 1. The summed E-state index contributed by atoms with van der Waals surface area (Å²) in [6.07, 6.45) is 5.35. The predicted octanol–water partition coefficient (Wildman–Crippen LogP) is 0.836. The summed E-state index contributed by atoms with van der Waals surface area (Å²) in [5, 5.41) is 3.40. The van der Waals surface area contributed by atoms with Crippen molar-refractivity contribution in [1.82, 2.24) is 9.97 Å². The van der Waals surface area contributed by atoms with Gasteiger partial charge < -0.3 is 16.0 Å². The van der Waals surface area contributed by atoms with Crippen molar-refractivity contribution in [3.05, 3.63) is 12.4 Å². The molecule has 2 heterocycles. The molecule has 0 spiro atoms. The van der Waals surface area contributed by atoms with E-state index in [4.69, 9.17) is 5.73 Å². The molecule has 2 fully saturated rings. The van der Waals surface area contributed by atoms with Gasteiger partial charge in [0.1, 0.15) is 18.0 Å². The molecule has 1 aliphatic heterocycles. The molecule has 0 radical (unpaired) electrons. The van der Waals surface area contributed by atoms with Crippen LogP contribution in [0.25, 0.3) is 0 Å². The number of anilines is 2. The highest BCUT2D eigenvalue weighted by Crippen LogP contribution is 2.26. The first-order valence-electron chi connectivity index (χ1n) is 6.39. The molecule has 2 aliphatic rings. The van der Waals surface area contributed by atoms with Crippen molar-refractivity contribution >= 4 is 11.6 Å². The van der Waals surface area contributed by atoms with Crippen LogP contribution in [0.2, 0.25) is 0 Å². The van der Waals surface area contributed by atoms with E-state index in [1.807, 2.05) is 0 Å². The molecule has 3 N–H and O–H groups in total. The molecule has 3 rings (SSSR count). The summed E-state index contributed by atoms with van der Waals surface area (Å²) in [5.74, 6) is 2.60. The average molecular weight is 233 g/mol. The van der Waals surface area contributed by atoms with Crippen LogP contribution in [0.4, 0.5) is 11.6 Å². The van der Waals surface area contributed by atoms with Gasteiger partial charge in [0.05, 0.1) is 0 Å². The minimum atomic E-state index is 0.616. The van der Waals surface area contributed by atoms with Crippen molar-refractivity contribution in [2.45, 2.75) is 25.3 Å². The molecule has 1 aliphatic carbocycles. The lowest BCUT2D eigenvalue weighted by Crippen LogP contribution is -2.23. The second-order valence-corrected chi connectivity index (χ2v) is 5.02. The number of aromatic nitrogens is 2. The SMILES string of the molecule is NCC1CCN(c2cc(NC3CC3)ncn2)C1. The standard InChI is InChI=1S/C12H19N5/c13-6-9-3-4-17(7-9)12-5-11(14-8-15-12)16-10-1-2-10/h5,8-10H,1-4,6-7,13H2,(H,14,15,16). The summed E-state index contributed by atoms with van der Waals surface area (Å²) in [7, 11) is 0. The van der Waals surface area contributed by atoms with Crippen molar-refractivity contribution in [3.8, 4) is 0 Å². The van der Waals surface area contributed by atoms with Gasteiger partial charge in [-0.15, -0.1) is 0 Å². The normalized spacial score (nSPS) is 24.1. The van der Waals surface area contributed by atoms with Gasteiger partial charge in [-0.25, -0.2) is 9.97 Å². The Morgan fingerprint density at radius 1 is 1.35 bits per heavy atom. The fourth-order valence-corrected chi connectivity index (χ4v) is 2.27. The zero-order valence-corrected chi connectivity index (χ0v) is 9.97. The van der Waals surface area contributed by atoms with E-state index in [2.05, 4.69) is 26.3 Å². The molecule has 1 aromatic heterocycles. The Labute approximate surface area is 101 Å². The van der Waals surface area contributed by atoms with E-state index in [1.54, 1.807) is 6.33 Å². The Morgan fingerprint density at radius 2 is 2.24 bits per heavy atom. The molecule has 17 heavy (non-hydrogen) atoms. The van der Waals surface area contributed by atoms with E-state index in [-0.39, 0.29) is 0 Å². The minimum Gasteiger partial charge on any atom is -0.367 e. The fourth-order valence-electron chi connectivity index (χ4n) is 2.27. The summed E-state index contributed by atoms with van der Waals surface area (Å²) in [6.45, 7) is 2.85. The number of nitrogens with one attached hydrogen (secondary N) is 1. The van der Waals surface area contributed by atoms with E-state index in [0.29, 0.717) is 12.0 Å². The van der Waals surface area contributed by atoms with Crippen molar-refractivity contribution in [3.63, 3.8) is 0 Å². The lowest BCUT2D eigenvalue weighted by atomic mass is 10.1. The molecule has 0 amide bonds. The third kappa shape index (κ3) is 2.49. The molecule has 0 aromatic carbocycles. The molecule has 1 saturated carbocycles. The summed E-state index contributed by atoms with van der Waals surface area (Å²) < 4.78 is 0. The maximum absolute atomic E-state index is 5.71. The van der Waals surface area contributed by atoms with Crippen LogP contribution < -0.4 is 16.0 Å². The van der Waals surface area contributed by atoms with Gasteiger partial charge >= 0.3 is 0 Å². The van der Waals surface area contributed by atoms with Crippen LogP contribution in [0, 0.1) is 5.92 Å². The van der Waals surface area contributed by atoms with Crippen molar-refractivity contribution < 1.29 is 0 Å². The van der Waals surface area contributed by atoms with Crippen LogP contribution in [0.3, 0.4) is 0 Å². The van der Waals surface area contributed by atoms with Crippen LogP contribution in [0.1, 0.15) is 19.3 Å². The van der Waals surface area contributed by atoms with Crippen molar-refractivity contribution in [2.24, 2.45) is 11.7 Å². The van der Waals surface area contributed by atoms with E-state index in [0.717, 1.165) is 31.3 Å². The fraction of sp³-hybridized carbons (Fsp3) is 0.667. The molecule has 0 bridgehead atoms. The second-order valence-electron chi connectivity index (χ2n) is 5.02. The van der Waals surface area contributed by atoms with Gasteiger partial charge in [0.25, 0.3) is 0 Å². The zero-order chi connectivity index (χ0) is 11.7. The molecular formula is C12H19N5. The van der Waals surface area contributed by atoms with Crippen LogP contribution >= 0.6 is 0 Å². The first kappa shape index (κ1) is 10.8. The van der Waals surface area contributed by atoms with Crippen LogP contribution in [-0.2, 0) is 0 Å². The molecule has 5 heteroatoms. The first-order valence-corrected chi connectivity index (χ1v) is 6.39. The van der Waals surface area contributed by atoms with Gasteiger partial charge in [-0.1, -0.05) is 0 Å². The summed E-state index contributed by atoms with van der Waals surface area (Å²) in [5.41, 5.74) is 5.71. The number of hydrogen-bond donors (Lipinski definition) is 2. The monoisotopic (exact) mass is 233 g/mol. The lowest BCUT2D eigenvalue weighted by Gasteiger charge is -2.17. The summed E-state index contributed by atoms with van der Waals surface area (Å²) in [6, 6.07) is 2.69. The predicted molar refractivity (Wildman–Crippen MR) is 68.1 cm³/mol.